The lowest BCUT2D eigenvalue weighted by Gasteiger charge is -2.31. The molecule has 114 valence electrons. The fraction of sp³-hybridized carbons (Fsp3) is 0.571. The molecular weight excluding hydrogens is 269 g/mol. The van der Waals surface area contributed by atoms with Crippen LogP contribution < -0.4 is 15.4 Å². The van der Waals surface area contributed by atoms with Crippen LogP contribution in [0.15, 0.2) is 18.2 Å². The smallest absolute Gasteiger partial charge is 0.405 e. The molecular formula is C14H21F3N2O. The average Bonchev–Trinajstić information content (AvgIpc) is 2.34. The minimum atomic E-state index is -4.28. The van der Waals surface area contributed by atoms with Crippen molar-refractivity contribution in [3.8, 4) is 5.75 Å². The van der Waals surface area contributed by atoms with Crippen LogP contribution in [0, 0.1) is 0 Å². The number of rotatable bonds is 6. The Hall–Kier alpha value is -1.59. The molecule has 20 heavy (non-hydrogen) atoms. The molecule has 1 rings (SSSR count). The van der Waals surface area contributed by atoms with Crippen LogP contribution in [0.3, 0.4) is 0 Å². The summed E-state index contributed by atoms with van der Waals surface area (Å²) in [6, 6.07) is 4.59. The fourth-order valence-corrected chi connectivity index (χ4v) is 1.86. The standard InChI is InChI=1S/C14H21F3N2O/c1-4-8-20-12-7-5-6-11(13(12)18)19(10(2)3)9-14(15,16)17/h5-7,10H,4,8-9,18H2,1-3H3. The van der Waals surface area contributed by atoms with E-state index in [2.05, 4.69) is 0 Å². The Kier molecular flexibility index (Phi) is 5.53. The molecule has 3 nitrogen and oxygen atoms in total. The molecule has 0 fully saturated rings. The molecule has 2 N–H and O–H groups in total. The lowest BCUT2D eigenvalue weighted by atomic mass is 10.2. The Morgan fingerprint density at radius 3 is 2.45 bits per heavy atom. The monoisotopic (exact) mass is 290 g/mol. The Morgan fingerprint density at radius 1 is 1.30 bits per heavy atom. The van der Waals surface area contributed by atoms with Crippen molar-refractivity contribution in [3.05, 3.63) is 18.2 Å². The van der Waals surface area contributed by atoms with E-state index in [-0.39, 0.29) is 11.7 Å². The quantitative estimate of drug-likeness (QED) is 0.809. The van der Waals surface area contributed by atoms with Gasteiger partial charge in [-0.05, 0) is 32.4 Å². The molecule has 0 saturated heterocycles. The van der Waals surface area contributed by atoms with E-state index < -0.39 is 12.7 Å². The minimum Gasteiger partial charge on any atom is -0.491 e. The van der Waals surface area contributed by atoms with Crippen molar-refractivity contribution in [2.45, 2.75) is 39.4 Å². The van der Waals surface area contributed by atoms with Crippen molar-refractivity contribution in [2.75, 3.05) is 23.8 Å². The van der Waals surface area contributed by atoms with Gasteiger partial charge in [0, 0.05) is 6.04 Å². The van der Waals surface area contributed by atoms with E-state index in [0.717, 1.165) is 6.42 Å². The van der Waals surface area contributed by atoms with Crippen molar-refractivity contribution >= 4 is 11.4 Å². The number of para-hydroxylation sites is 1. The summed E-state index contributed by atoms with van der Waals surface area (Å²) in [6.45, 7) is 4.79. The topological polar surface area (TPSA) is 38.5 Å². The molecule has 0 unspecified atom stereocenters. The number of nitrogen functional groups attached to an aromatic ring is 1. The van der Waals surface area contributed by atoms with Crippen LogP contribution in [0.25, 0.3) is 0 Å². The lowest BCUT2D eigenvalue weighted by molar-refractivity contribution is -0.120. The van der Waals surface area contributed by atoms with E-state index in [1.165, 1.54) is 4.90 Å². The molecule has 0 heterocycles. The van der Waals surface area contributed by atoms with Crippen LogP contribution >= 0.6 is 0 Å². The predicted octanol–water partition coefficient (Wildman–Crippen LogP) is 3.83. The molecule has 0 saturated carbocycles. The maximum Gasteiger partial charge on any atom is 0.405 e. The molecule has 0 spiro atoms. The van der Waals surface area contributed by atoms with Gasteiger partial charge in [-0.2, -0.15) is 13.2 Å². The molecule has 0 amide bonds. The third-order valence-corrected chi connectivity index (χ3v) is 2.79. The normalized spacial score (nSPS) is 11.8. The lowest BCUT2D eigenvalue weighted by Crippen LogP contribution is -2.39. The van der Waals surface area contributed by atoms with Crippen LogP contribution in [0.1, 0.15) is 27.2 Å². The van der Waals surface area contributed by atoms with E-state index in [1.54, 1.807) is 32.0 Å². The summed E-state index contributed by atoms with van der Waals surface area (Å²) in [5, 5.41) is 0. The molecule has 0 aliphatic heterocycles. The van der Waals surface area contributed by atoms with Crippen LogP contribution in [0.5, 0.6) is 5.75 Å². The highest BCUT2D eigenvalue weighted by Crippen LogP contribution is 2.35. The molecule has 0 aromatic heterocycles. The summed E-state index contributed by atoms with van der Waals surface area (Å²) in [6.07, 6.45) is -3.48. The fourth-order valence-electron chi connectivity index (χ4n) is 1.86. The molecule has 0 radical (unpaired) electrons. The van der Waals surface area contributed by atoms with Crippen molar-refractivity contribution in [1.82, 2.24) is 0 Å². The summed E-state index contributed by atoms with van der Waals surface area (Å²) in [4.78, 5) is 1.23. The van der Waals surface area contributed by atoms with Crippen molar-refractivity contribution in [1.29, 1.82) is 0 Å². The SMILES string of the molecule is CCCOc1cccc(N(CC(F)(F)F)C(C)C)c1N. The molecule has 0 bridgehead atoms. The van der Waals surface area contributed by atoms with E-state index in [9.17, 15) is 13.2 Å². The maximum absolute atomic E-state index is 12.7. The van der Waals surface area contributed by atoms with Gasteiger partial charge in [-0.1, -0.05) is 13.0 Å². The highest BCUT2D eigenvalue weighted by molar-refractivity contribution is 5.74. The Morgan fingerprint density at radius 2 is 1.95 bits per heavy atom. The Balaban J connectivity index is 3.07. The average molecular weight is 290 g/mol. The van der Waals surface area contributed by atoms with Crippen LogP contribution in [-0.4, -0.2) is 25.4 Å². The first-order chi connectivity index (χ1) is 9.26. The van der Waals surface area contributed by atoms with Gasteiger partial charge in [0.05, 0.1) is 18.0 Å². The summed E-state index contributed by atoms with van der Waals surface area (Å²) in [5.41, 5.74) is 6.55. The summed E-state index contributed by atoms with van der Waals surface area (Å²) in [7, 11) is 0. The summed E-state index contributed by atoms with van der Waals surface area (Å²) >= 11 is 0. The van der Waals surface area contributed by atoms with Crippen LogP contribution in [0.4, 0.5) is 24.5 Å². The predicted molar refractivity (Wildman–Crippen MR) is 75.2 cm³/mol. The van der Waals surface area contributed by atoms with Gasteiger partial charge in [0.2, 0.25) is 0 Å². The van der Waals surface area contributed by atoms with Gasteiger partial charge in [0.25, 0.3) is 0 Å². The van der Waals surface area contributed by atoms with Gasteiger partial charge in [-0.25, -0.2) is 0 Å². The van der Waals surface area contributed by atoms with Gasteiger partial charge in [0.15, 0.2) is 0 Å². The number of nitrogens with zero attached hydrogens (tertiary/aromatic N) is 1. The second-order valence-corrected chi connectivity index (χ2v) is 4.87. The van der Waals surface area contributed by atoms with Gasteiger partial charge in [0.1, 0.15) is 12.3 Å². The third-order valence-electron chi connectivity index (χ3n) is 2.79. The summed E-state index contributed by atoms with van der Waals surface area (Å²) < 4.78 is 43.5. The van der Waals surface area contributed by atoms with E-state index >= 15 is 0 Å². The zero-order chi connectivity index (χ0) is 15.3. The second-order valence-electron chi connectivity index (χ2n) is 4.87. The number of ether oxygens (including phenoxy) is 1. The van der Waals surface area contributed by atoms with Crippen LogP contribution in [-0.2, 0) is 0 Å². The highest BCUT2D eigenvalue weighted by atomic mass is 19.4. The van der Waals surface area contributed by atoms with Gasteiger partial charge >= 0.3 is 6.18 Å². The third kappa shape index (κ3) is 4.51. The van der Waals surface area contributed by atoms with Crippen molar-refractivity contribution < 1.29 is 17.9 Å². The number of benzene rings is 1. The van der Waals surface area contributed by atoms with E-state index in [1.807, 2.05) is 6.92 Å². The number of alkyl halides is 3. The van der Waals surface area contributed by atoms with Crippen LogP contribution in [0.2, 0.25) is 0 Å². The summed E-state index contributed by atoms with van der Waals surface area (Å²) in [5.74, 6) is 0.428. The zero-order valence-corrected chi connectivity index (χ0v) is 12.0. The zero-order valence-electron chi connectivity index (χ0n) is 12.0. The highest BCUT2D eigenvalue weighted by Gasteiger charge is 2.33. The molecule has 0 aliphatic rings. The maximum atomic E-state index is 12.7. The van der Waals surface area contributed by atoms with Gasteiger partial charge in [-0.3, -0.25) is 0 Å². The van der Waals surface area contributed by atoms with Gasteiger partial charge < -0.3 is 15.4 Å². The van der Waals surface area contributed by atoms with Gasteiger partial charge in [-0.15, -0.1) is 0 Å². The Bertz CT molecular complexity index is 433. The second kappa shape index (κ2) is 6.72. The first-order valence-corrected chi connectivity index (χ1v) is 6.61. The van der Waals surface area contributed by atoms with E-state index in [4.69, 9.17) is 10.5 Å². The largest absolute Gasteiger partial charge is 0.491 e. The number of hydrogen-bond acceptors (Lipinski definition) is 3. The molecule has 0 atom stereocenters. The van der Waals surface area contributed by atoms with Crippen molar-refractivity contribution in [2.24, 2.45) is 0 Å². The minimum absolute atomic E-state index is 0.249. The molecule has 1 aromatic carbocycles. The number of halogens is 3. The number of hydrogen-bond donors (Lipinski definition) is 1. The Labute approximate surface area is 117 Å². The molecule has 1 aromatic rings. The number of anilines is 2. The van der Waals surface area contributed by atoms with Crippen molar-refractivity contribution in [3.63, 3.8) is 0 Å². The first-order valence-electron chi connectivity index (χ1n) is 6.61. The van der Waals surface area contributed by atoms with E-state index in [0.29, 0.717) is 18.0 Å². The molecule has 6 heteroatoms. The molecule has 0 aliphatic carbocycles. The first kappa shape index (κ1) is 16.5. The number of nitrogens with two attached hydrogens (primary N) is 1.